The molecule has 33 heavy (non-hydrogen) atoms. The summed E-state index contributed by atoms with van der Waals surface area (Å²) in [6, 6.07) is 5.61. The Kier molecular flexibility index (Phi) is 5.45. The second-order valence-electron chi connectivity index (χ2n) is 10.8. The van der Waals surface area contributed by atoms with Gasteiger partial charge in [-0.1, -0.05) is 26.0 Å². The third-order valence-corrected chi connectivity index (χ3v) is 9.56. The van der Waals surface area contributed by atoms with Crippen molar-refractivity contribution in [3.05, 3.63) is 30.4 Å². The number of nitrogens with one attached hydrogen (secondary N) is 1. The fourth-order valence-corrected chi connectivity index (χ4v) is 7.81. The molecule has 5 rings (SSSR count). The summed E-state index contributed by atoms with van der Waals surface area (Å²) in [5.74, 6) is 2.70. The van der Waals surface area contributed by atoms with Gasteiger partial charge in [-0.2, -0.15) is 0 Å². The molecule has 1 N–H and O–H groups in total. The molecular formula is C27H35NO5. The fourth-order valence-electron chi connectivity index (χ4n) is 7.81. The Morgan fingerprint density at radius 1 is 1.00 bits per heavy atom. The maximum absolute atomic E-state index is 13.5. The van der Waals surface area contributed by atoms with Gasteiger partial charge in [0.2, 0.25) is 11.7 Å². The number of fused-ring (bicyclic) bond motifs is 5. The quantitative estimate of drug-likeness (QED) is 0.536. The number of methoxy groups -OCH3 is 2. The van der Waals surface area contributed by atoms with Crippen LogP contribution in [0.15, 0.2) is 30.4 Å². The zero-order valence-corrected chi connectivity index (χ0v) is 20.1. The molecule has 4 aliphatic rings. The van der Waals surface area contributed by atoms with E-state index in [4.69, 9.17) is 14.2 Å². The molecule has 1 heterocycles. The molecule has 6 heteroatoms. The number of carbonyl (C=O) groups excluding carboxylic acids is 2. The Morgan fingerprint density at radius 2 is 1.73 bits per heavy atom. The van der Waals surface area contributed by atoms with Crippen molar-refractivity contribution in [2.75, 3.05) is 14.2 Å². The number of carbonyl (C=O) groups is 2. The first-order valence-electron chi connectivity index (χ1n) is 12.2. The first-order chi connectivity index (χ1) is 15.8. The van der Waals surface area contributed by atoms with Crippen LogP contribution in [0.1, 0.15) is 52.4 Å². The smallest absolute Gasteiger partial charge is 0.315 e. The van der Waals surface area contributed by atoms with Crippen molar-refractivity contribution < 1.29 is 23.8 Å². The average Bonchev–Trinajstić information content (AvgIpc) is 3.17. The lowest BCUT2D eigenvalue weighted by atomic mass is 9.48. The van der Waals surface area contributed by atoms with Crippen molar-refractivity contribution >= 4 is 11.9 Å². The van der Waals surface area contributed by atoms with E-state index in [1.165, 1.54) is 0 Å². The number of hydrogen-bond acceptors (Lipinski definition) is 5. The molecule has 7 atom stereocenters. The number of rotatable bonds is 4. The predicted octanol–water partition coefficient (Wildman–Crippen LogP) is 4.52. The molecular weight excluding hydrogens is 418 g/mol. The lowest BCUT2D eigenvalue weighted by molar-refractivity contribution is -0.147. The Morgan fingerprint density at radius 3 is 2.42 bits per heavy atom. The van der Waals surface area contributed by atoms with Gasteiger partial charge in [-0.05, 0) is 79.9 Å². The predicted molar refractivity (Wildman–Crippen MR) is 124 cm³/mol. The van der Waals surface area contributed by atoms with Crippen molar-refractivity contribution in [2.24, 2.45) is 34.5 Å². The molecule has 1 amide bonds. The van der Waals surface area contributed by atoms with Crippen LogP contribution in [0, 0.1) is 34.5 Å². The standard InChI is InChI=1S/C27H35NO5/c1-26-14-12-18-16(8-11-22-27(18,2)15-13-23(29)28-22)17(26)9-10-19(26)25(30)33-24-20(31-3)6-5-7-21(24)32-4/h5-7,13,15-19,22H,8-12,14H2,1-4H3,(H,28,29)/t16-,17-,18-,19+,22+,26-,27+/m0/s1. The van der Waals surface area contributed by atoms with Crippen LogP contribution in [0.25, 0.3) is 0 Å². The van der Waals surface area contributed by atoms with E-state index in [1.54, 1.807) is 32.4 Å². The zero-order chi connectivity index (χ0) is 23.4. The summed E-state index contributed by atoms with van der Waals surface area (Å²) in [6.45, 7) is 4.63. The summed E-state index contributed by atoms with van der Waals surface area (Å²) in [5, 5.41) is 3.21. The molecule has 0 radical (unpaired) electrons. The summed E-state index contributed by atoms with van der Waals surface area (Å²) < 4.78 is 16.8. The highest BCUT2D eigenvalue weighted by Gasteiger charge is 2.61. The molecule has 1 aromatic rings. The third kappa shape index (κ3) is 3.36. The molecule has 178 valence electrons. The molecule has 0 spiro atoms. The topological polar surface area (TPSA) is 73.9 Å². The van der Waals surface area contributed by atoms with Gasteiger partial charge in [-0.15, -0.1) is 0 Å². The monoisotopic (exact) mass is 453 g/mol. The van der Waals surface area contributed by atoms with Gasteiger partial charge in [0, 0.05) is 11.5 Å². The number of ether oxygens (including phenoxy) is 3. The molecule has 0 aromatic heterocycles. The second kappa shape index (κ2) is 8.07. The molecule has 0 bridgehead atoms. The van der Waals surface area contributed by atoms with Crippen LogP contribution >= 0.6 is 0 Å². The van der Waals surface area contributed by atoms with E-state index >= 15 is 0 Å². The van der Waals surface area contributed by atoms with Crippen molar-refractivity contribution in [1.29, 1.82) is 0 Å². The Labute approximate surface area is 196 Å². The summed E-state index contributed by atoms with van der Waals surface area (Å²) in [6.07, 6.45) is 10.0. The fraction of sp³-hybridized carbons (Fsp3) is 0.630. The molecule has 1 aromatic carbocycles. The largest absolute Gasteiger partial charge is 0.493 e. The number of para-hydroxylation sites is 1. The minimum atomic E-state index is -0.175. The summed E-state index contributed by atoms with van der Waals surface area (Å²) in [7, 11) is 3.14. The van der Waals surface area contributed by atoms with Crippen LogP contribution in [0.3, 0.4) is 0 Å². The highest BCUT2D eigenvalue weighted by Crippen LogP contribution is 2.65. The SMILES string of the molecule is COc1cccc(OC)c1OC(=O)[C@H]1CC[C@H]2[C@@H]3CC[C@H]4NC(=O)C=C[C@]4(C)[C@H]3CC[C@]12C. The summed E-state index contributed by atoms with van der Waals surface area (Å²) in [5.41, 5.74) is -0.0696. The minimum Gasteiger partial charge on any atom is -0.493 e. The molecule has 3 aliphatic carbocycles. The van der Waals surface area contributed by atoms with Gasteiger partial charge in [-0.3, -0.25) is 9.59 Å². The molecule has 1 aliphatic heterocycles. The van der Waals surface area contributed by atoms with Crippen LogP contribution in [0.5, 0.6) is 17.2 Å². The molecule has 3 fully saturated rings. The first kappa shape index (κ1) is 22.3. The summed E-state index contributed by atoms with van der Waals surface area (Å²) in [4.78, 5) is 25.5. The number of hydrogen-bond donors (Lipinski definition) is 1. The van der Waals surface area contributed by atoms with Crippen LogP contribution in [0.4, 0.5) is 0 Å². The van der Waals surface area contributed by atoms with Gasteiger partial charge >= 0.3 is 5.97 Å². The van der Waals surface area contributed by atoms with Crippen LogP contribution in [-0.2, 0) is 9.59 Å². The van der Waals surface area contributed by atoms with Gasteiger partial charge < -0.3 is 19.5 Å². The molecule has 0 saturated heterocycles. The van der Waals surface area contributed by atoms with Gasteiger partial charge in [-0.25, -0.2) is 0 Å². The van der Waals surface area contributed by atoms with E-state index in [2.05, 4.69) is 25.2 Å². The highest BCUT2D eigenvalue weighted by atomic mass is 16.6. The van der Waals surface area contributed by atoms with Crippen LogP contribution < -0.4 is 19.5 Å². The van der Waals surface area contributed by atoms with E-state index in [1.807, 2.05) is 6.07 Å². The lowest BCUT2D eigenvalue weighted by Gasteiger charge is -2.58. The average molecular weight is 454 g/mol. The normalized spacial score (nSPS) is 39.0. The van der Waals surface area contributed by atoms with Gasteiger partial charge in [0.25, 0.3) is 0 Å². The van der Waals surface area contributed by atoms with E-state index in [9.17, 15) is 9.59 Å². The van der Waals surface area contributed by atoms with Crippen molar-refractivity contribution in [1.82, 2.24) is 5.32 Å². The number of benzene rings is 1. The van der Waals surface area contributed by atoms with Gasteiger partial charge in [0.05, 0.1) is 20.1 Å². The number of esters is 1. The van der Waals surface area contributed by atoms with E-state index < -0.39 is 0 Å². The van der Waals surface area contributed by atoms with E-state index in [0.717, 1.165) is 38.5 Å². The van der Waals surface area contributed by atoms with Crippen molar-refractivity contribution in [3.63, 3.8) is 0 Å². The van der Waals surface area contributed by atoms with Gasteiger partial charge in [0.1, 0.15) is 0 Å². The molecule has 3 saturated carbocycles. The van der Waals surface area contributed by atoms with Crippen molar-refractivity contribution in [2.45, 2.75) is 58.4 Å². The van der Waals surface area contributed by atoms with Gasteiger partial charge in [0.15, 0.2) is 11.5 Å². The maximum Gasteiger partial charge on any atom is 0.315 e. The van der Waals surface area contributed by atoms with Crippen LogP contribution in [0.2, 0.25) is 0 Å². The summed E-state index contributed by atoms with van der Waals surface area (Å²) >= 11 is 0. The zero-order valence-electron chi connectivity index (χ0n) is 20.1. The maximum atomic E-state index is 13.5. The number of amides is 1. The minimum absolute atomic E-state index is 0.00151. The lowest BCUT2D eigenvalue weighted by Crippen LogP contribution is -2.59. The second-order valence-corrected chi connectivity index (χ2v) is 10.8. The Hall–Kier alpha value is -2.50. The Balaban J connectivity index is 1.38. The highest BCUT2D eigenvalue weighted by molar-refractivity contribution is 5.89. The van der Waals surface area contributed by atoms with E-state index in [0.29, 0.717) is 35.0 Å². The first-order valence-corrected chi connectivity index (χ1v) is 12.2. The Bertz CT molecular complexity index is 966. The van der Waals surface area contributed by atoms with Crippen molar-refractivity contribution in [3.8, 4) is 17.2 Å². The molecule has 0 unspecified atom stereocenters. The van der Waals surface area contributed by atoms with E-state index in [-0.39, 0.29) is 34.7 Å². The third-order valence-electron chi connectivity index (χ3n) is 9.56. The molecule has 6 nitrogen and oxygen atoms in total. The van der Waals surface area contributed by atoms with Crippen LogP contribution in [-0.4, -0.2) is 32.1 Å².